The third kappa shape index (κ3) is 58.2. The van der Waals surface area contributed by atoms with Crippen molar-refractivity contribution < 1.29 is 28.6 Å². The molecule has 6 heteroatoms. The van der Waals surface area contributed by atoms with Crippen LogP contribution in [0.15, 0.2) is 146 Å². The van der Waals surface area contributed by atoms with Gasteiger partial charge in [0, 0.05) is 19.3 Å². The molecule has 0 aliphatic heterocycles. The molecule has 0 rings (SSSR count). The van der Waals surface area contributed by atoms with E-state index in [9.17, 15) is 14.4 Å². The first kappa shape index (κ1) is 69.3. The molecule has 0 heterocycles. The van der Waals surface area contributed by atoms with Crippen molar-refractivity contribution in [1.82, 2.24) is 0 Å². The van der Waals surface area contributed by atoms with Crippen molar-refractivity contribution in [2.45, 2.75) is 252 Å². The number of hydrogen-bond donors (Lipinski definition) is 0. The Balaban J connectivity index is 4.57. The Morgan fingerprint density at radius 2 is 0.568 bits per heavy atom. The van der Waals surface area contributed by atoms with Gasteiger partial charge in [-0.3, -0.25) is 14.4 Å². The average Bonchev–Trinajstić information content (AvgIpc) is 3.40. The lowest BCUT2D eigenvalue weighted by atomic mass is 10.1. The first-order valence-electron chi connectivity index (χ1n) is 29.9. The Hall–Kier alpha value is -4.71. The number of carbonyl (C=O) groups is 3. The molecular weight excluding hydrogens is 913 g/mol. The highest BCUT2D eigenvalue weighted by Gasteiger charge is 2.19. The van der Waals surface area contributed by atoms with E-state index in [1.807, 2.05) is 0 Å². The summed E-state index contributed by atoms with van der Waals surface area (Å²) in [6.45, 7) is 6.33. The molecule has 0 aromatic rings. The molecule has 0 spiro atoms. The van der Waals surface area contributed by atoms with Gasteiger partial charge in [0.2, 0.25) is 0 Å². The summed E-state index contributed by atoms with van der Waals surface area (Å²) in [6, 6.07) is 0. The smallest absolute Gasteiger partial charge is 0.306 e. The Labute approximate surface area is 455 Å². The zero-order valence-electron chi connectivity index (χ0n) is 47.5. The van der Waals surface area contributed by atoms with Crippen molar-refractivity contribution in [3.63, 3.8) is 0 Å². The van der Waals surface area contributed by atoms with Crippen molar-refractivity contribution in [3.8, 4) is 0 Å². The normalized spacial score (nSPS) is 13.2. The molecule has 0 amide bonds. The van der Waals surface area contributed by atoms with Crippen LogP contribution in [0.4, 0.5) is 0 Å². The Morgan fingerprint density at radius 3 is 0.919 bits per heavy atom. The van der Waals surface area contributed by atoms with Gasteiger partial charge in [0.25, 0.3) is 0 Å². The molecule has 0 aliphatic rings. The molecule has 1 unspecified atom stereocenters. The zero-order chi connectivity index (χ0) is 53.6. The van der Waals surface area contributed by atoms with Gasteiger partial charge in [-0.1, -0.05) is 237 Å². The highest BCUT2D eigenvalue weighted by atomic mass is 16.6. The van der Waals surface area contributed by atoms with Crippen molar-refractivity contribution in [2.24, 2.45) is 0 Å². The molecular formula is C68H108O6. The number of ether oxygens (including phenoxy) is 3. The average molecular weight is 1020 g/mol. The molecule has 0 bridgehead atoms. The molecule has 0 aromatic carbocycles. The third-order valence-electron chi connectivity index (χ3n) is 12.1. The van der Waals surface area contributed by atoms with Crippen molar-refractivity contribution in [1.29, 1.82) is 0 Å². The van der Waals surface area contributed by atoms with E-state index in [1.165, 1.54) is 51.4 Å². The maximum Gasteiger partial charge on any atom is 0.306 e. The predicted octanol–water partition coefficient (Wildman–Crippen LogP) is 20.4. The standard InChI is InChI=1S/C68H108O6/c1-4-7-10-13-16-19-22-25-28-31-34-37-40-43-46-49-52-55-58-61-67(70)73-64-65(63-72-66(69)60-57-54-51-48-45-42-39-36-33-30-27-24-21-18-15-12-9-6-3)74-68(71)62-59-56-53-50-47-44-41-38-35-32-29-26-23-20-17-14-11-8-5-2/h7-8,10-11,16-17,19-20,25-26,28-30,33-39,43-44,46-47,65H,4-6,9,12-15,18,21-24,27,31-32,40-42,45,48-64H2,1-3H3/b10-7-,11-8-,19-16-,20-17-,28-25-,29-26-,33-30-,37-34-,38-35-,39-36-,46-43-,47-44-. The molecule has 0 radical (unpaired) electrons. The van der Waals surface area contributed by atoms with Gasteiger partial charge in [-0.2, -0.15) is 0 Å². The summed E-state index contributed by atoms with van der Waals surface area (Å²) < 4.78 is 16.8. The maximum absolute atomic E-state index is 12.9. The van der Waals surface area contributed by atoms with Crippen LogP contribution in [0.5, 0.6) is 0 Å². The number of allylic oxidation sites excluding steroid dienone is 24. The number of hydrogen-bond acceptors (Lipinski definition) is 6. The van der Waals surface area contributed by atoms with E-state index < -0.39 is 6.10 Å². The number of carbonyl (C=O) groups excluding carboxylic acids is 3. The summed E-state index contributed by atoms with van der Waals surface area (Å²) in [4.78, 5) is 38.2. The molecule has 0 aliphatic carbocycles. The SMILES string of the molecule is CC/C=C\C/C=C\C/C=C\C/C=C\C/C=C\CCCCCC(=O)OCC(COC(=O)CCCCCCC/C=C\C=C/CCCCCCCCC)OC(=O)CCCCC/C=C\C/C=C\C/C=C\C/C=C\C/C=C\CC. The first-order valence-corrected chi connectivity index (χ1v) is 29.9. The second-order valence-electron chi connectivity index (χ2n) is 19.2. The van der Waals surface area contributed by atoms with Crippen LogP contribution < -0.4 is 0 Å². The number of unbranched alkanes of at least 4 members (excludes halogenated alkanes) is 18. The summed E-state index contributed by atoms with van der Waals surface area (Å²) in [7, 11) is 0. The van der Waals surface area contributed by atoms with Crippen LogP contribution in [-0.4, -0.2) is 37.2 Å². The molecule has 6 nitrogen and oxygen atoms in total. The molecule has 0 N–H and O–H groups in total. The van der Waals surface area contributed by atoms with Crippen LogP contribution in [0, 0.1) is 0 Å². The number of rotatable bonds is 52. The van der Waals surface area contributed by atoms with Gasteiger partial charge in [0.05, 0.1) is 0 Å². The first-order chi connectivity index (χ1) is 36.5. The van der Waals surface area contributed by atoms with E-state index in [0.717, 1.165) is 148 Å². The van der Waals surface area contributed by atoms with E-state index in [1.54, 1.807) is 0 Å². The van der Waals surface area contributed by atoms with Crippen LogP contribution in [-0.2, 0) is 28.6 Å². The summed E-state index contributed by atoms with van der Waals surface area (Å²) >= 11 is 0. The molecule has 0 aromatic heterocycles. The molecule has 0 saturated heterocycles. The lowest BCUT2D eigenvalue weighted by Crippen LogP contribution is -2.30. The van der Waals surface area contributed by atoms with Crippen LogP contribution in [0.1, 0.15) is 245 Å². The van der Waals surface area contributed by atoms with Crippen molar-refractivity contribution in [2.75, 3.05) is 13.2 Å². The Bertz CT molecular complexity index is 1640. The van der Waals surface area contributed by atoms with Crippen LogP contribution in [0.2, 0.25) is 0 Å². The molecule has 0 saturated carbocycles. The summed E-state index contributed by atoms with van der Waals surface area (Å²) in [5.41, 5.74) is 0. The molecule has 0 fully saturated rings. The quantitative estimate of drug-likeness (QED) is 0.0199. The van der Waals surface area contributed by atoms with Crippen LogP contribution in [0.25, 0.3) is 0 Å². The monoisotopic (exact) mass is 1020 g/mol. The second kappa shape index (κ2) is 60.8. The van der Waals surface area contributed by atoms with E-state index in [4.69, 9.17) is 14.2 Å². The molecule has 416 valence electrons. The summed E-state index contributed by atoms with van der Waals surface area (Å²) in [5.74, 6) is -0.999. The highest BCUT2D eigenvalue weighted by molar-refractivity contribution is 5.71. The van der Waals surface area contributed by atoms with Crippen molar-refractivity contribution >= 4 is 17.9 Å². The van der Waals surface area contributed by atoms with Gasteiger partial charge in [-0.25, -0.2) is 0 Å². The maximum atomic E-state index is 12.9. The Morgan fingerprint density at radius 1 is 0.297 bits per heavy atom. The van der Waals surface area contributed by atoms with Gasteiger partial charge < -0.3 is 14.2 Å². The number of esters is 3. The van der Waals surface area contributed by atoms with Gasteiger partial charge in [0.15, 0.2) is 6.10 Å². The topological polar surface area (TPSA) is 78.9 Å². The lowest BCUT2D eigenvalue weighted by molar-refractivity contribution is -0.167. The van der Waals surface area contributed by atoms with Crippen LogP contribution >= 0.6 is 0 Å². The Kier molecular flexibility index (Phi) is 57.0. The summed E-state index contributed by atoms with van der Waals surface area (Å²) in [6.07, 6.45) is 86.9. The van der Waals surface area contributed by atoms with Crippen LogP contribution in [0.3, 0.4) is 0 Å². The summed E-state index contributed by atoms with van der Waals surface area (Å²) in [5, 5.41) is 0. The van der Waals surface area contributed by atoms with Gasteiger partial charge in [-0.05, 0) is 135 Å². The minimum atomic E-state index is -0.824. The predicted molar refractivity (Wildman–Crippen MR) is 320 cm³/mol. The largest absolute Gasteiger partial charge is 0.462 e. The van der Waals surface area contributed by atoms with E-state index >= 15 is 0 Å². The van der Waals surface area contributed by atoms with Gasteiger partial charge >= 0.3 is 17.9 Å². The second-order valence-corrected chi connectivity index (χ2v) is 19.2. The van der Waals surface area contributed by atoms with E-state index in [-0.39, 0.29) is 37.5 Å². The fourth-order valence-corrected chi connectivity index (χ4v) is 7.66. The fourth-order valence-electron chi connectivity index (χ4n) is 7.66. The van der Waals surface area contributed by atoms with E-state index in [0.29, 0.717) is 19.3 Å². The van der Waals surface area contributed by atoms with Gasteiger partial charge in [-0.15, -0.1) is 0 Å². The minimum Gasteiger partial charge on any atom is -0.462 e. The van der Waals surface area contributed by atoms with Gasteiger partial charge in [0.1, 0.15) is 13.2 Å². The molecule has 1 atom stereocenters. The highest BCUT2D eigenvalue weighted by Crippen LogP contribution is 2.13. The van der Waals surface area contributed by atoms with E-state index in [2.05, 4.69) is 167 Å². The molecule has 74 heavy (non-hydrogen) atoms. The van der Waals surface area contributed by atoms with Crippen molar-refractivity contribution in [3.05, 3.63) is 146 Å². The fraction of sp³-hybridized carbons (Fsp3) is 0.603. The zero-order valence-corrected chi connectivity index (χ0v) is 47.5. The lowest BCUT2D eigenvalue weighted by Gasteiger charge is -2.18. The minimum absolute atomic E-state index is 0.116. The third-order valence-corrected chi connectivity index (χ3v) is 12.1.